The maximum absolute atomic E-state index is 13.3. The van der Waals surface area contributed by atoms with Gasteiger partial charge in [0.1, 0.15) is 21.8 Å². The molecule has 3 aliphatic rings. The summed E-state index contributed by atoms with van der Waals surface area (Å²) in [6, 6.07) is 17.8. The number of amides is 3. The number of aliphatic hydroxyl groups is 1. The van der Waals surface area contributed by atoms with Crippen LogP contribution in [0.2, 0.25) is 0 Å². The molecule has 3 amide bonds. The highest BCUT2D eigenvalue weighted by Crippen LogP contribution is 2.50. The van der Waals surface area contributed by atoms with Gasteiger partial charge in [-0.3, -0.25) is 9.69 Å². The third-order valence-corrected chi connectivity index (χ3v) is 8.12. The lowest BCUT2D eigenvalue weighted by Crippen LogP contribution is -2.50. The van der Waals surface area contributed by atoms with E-state index in [-0.39, 0.29) is 24.1 Å². The van der Waals surface area contributed by atoms with Crippen molar-refractivity contribution in [3.05, 3.63) is 72.4 Å². The number of nitrogens with zero attached hydrogens (tertiary/aromatic N) is 2. The zero-order chi connectivity index (χ0) is 24.6. The quantitative estimate of drug-likeness (QED) is 0.469. The lowest BCUT2D eigenvalue weighted by atomic mass is 9.92. The number of hydrogen-bond acceptors (Lipinski definition) is 6. The van der Waals surface area contributed by atoms with E-state index in [0.717, 1.165) is 41.3 Å². The maximum atomic E-state index is 13.3. The van der Waals surface area contributed by atoms with Gasteiger partial charge in [0.25, 0.3) is 0 Å². The Hall–Kier alpha value is -3.56. The van der Waals surface area contributed by atoms with Crippen LogP contribution in [-0.4, -0.2) is 39.4 Å². The van der Waals surface area contributed by atoms with Gasteiger partial charge in [-0.15, -0.1) is 0 Å². The molecule has 2 aromatic carbocycles. The molecule has 0 spiro atoms. The van der Waals surface area contributed by atoms with Gasteiger partial charge in [0.05, 0.1) is 23.5 Å². The molecular formula is C27H26N4O4S. The van der Waals surface area contributed by atoms with Crippen LogP contribution in [0.3, 0.4) is 0 Å². The van der Waals surface area contributed by atoms with Crippen molar-refractivity contribution < 1.29 is 19.4 Å². The molecule has 0 saturated heterocycles. The highest BCUT2D eigenvalue weighted by molar-refractivity contribution is 8.01. The largest absolute Gasteiger partial charge is 0.457 e. The van der Waals surface area contributed by atoms with Crippen molar-refractivity contribution in [3.8, 4) is 11.5 Å². The molecule has 1 aromatic heterocycles. The lowest BCUT2D eigenvalue weighted by molar-refractivity contribution is -0.122. The normalized spacial score (nSPS) is 24.6. The molecule has 1 saturated carbocycles. The van der Waals surface area contributed by atoms with Gasteiger partial charge < -0.3 is 20.5 Å². The lowest BCUT2D eigenvalue weighted by Gasteiger charge is -2.34. The molecule has 3 heterocycles. The molecule has 0 radical (unpaired) electrons. The third-order valence-electron chi connectivity index (χ3n) is 6.83. The molecule has 9 heteroatoms. The molecule has 2 aliphatic heterocycles. The number of nitrogens with one attached hydrogen (secondary N) is 2. The fourth-order valence-electron chi connectivity index (χ4n) is 5.15. The molecule has 0 bridgehead atoms. The van der Waals surface area contributed by atoms with Crippen molar-refractivity contribution in [2.45, 2.75) is 54.1 Å². The van der Waals surface area contributed by atoms with E-state index in [1.165, 1.54) is 11.8 Å². The van der Waals surface area contributed by atoms with Crippen molar-refractivity contribution in [3.63, 3.8) is 0 Å². The number of thioether (sulfide) groups is 1. The Morgan fingerprint density at radius 2 is 1.86 bits per heavy atom. The number of hydrogen-bond donors (Lipinski definition) is 3. The van der Waals surface area contributed by atoms with E-state index >= 15 is 0 Å². The summed E-state index contributed by atoms with van der Waals surface area (Å²) in [5, 5.41) is 16.3. The molecule has 1 aliphatic carbocycles. The topological polar surface area (TPSA) is 104 Å². The summed E-state index contributed by atoms with van der Waals surface area (Å²) in [6.45, 7) is 0. The van der Waals surface area contributed by atoms with Gasteiger partial charge >= 0.3 is 6.03 Å². The van der Waals surface area contributed by atoms with Crippen LogP contribution in [0.25, 0.3) is 0 Å². The minimum atomic E-state index is -0.513. The number of rotatable bonds is 5. The predicted molar refractivity (Wildman–Crippen MR) is 137 cm³/mol. The Kier molecular flexibility index (Phi) is 6.02. The van der Waals surface area contributed by atoms with E-state index in [9.17, 15) is 14.7 Å². The zero-order valence-electron chi connectivity index (χ0n) is 19.5. The number of carbonyl (C=O) groups excluding carboxylic acids is 2. The summed E-state index contributed by atoms with van der Waals surface area (Å²) < 4.78 is 5.88. The van der Waals surface area contributed by atoms with Gasteiger partial charge in [-0.1, -0.05) is 30.0 Å². The van der Waals surface area contributed by atoms with Crippen LogP contribution >= 0.6 is 11.8 Å². The Balaban J connectivity index is 1.23. The van der Waals surface area contributed by atoms with E-state index < -0.39 is 11.3 Å². The second-order valence-electron chi connectivity index (χ2n) is 9.28. The fraction of sp³-hybridized carbons (Fsp3) is 0.296. The van der Waals surface area contributed by atoms with Crippen LogP contribution in [0.5, 0.6) is 11.5 Å². The Labute approximate surface area is 213 Å². The molecule has 3 aromatic rings. The highest BCUT2D eigenvalue weighted by Gasteiger charge is 2.47. The Bertz CT molecular complexity index is 1290. The first-order chi connectivity index (χ1) is 17.6. The molecule has 2 unspecified atom stereocenters. The first-order valence-electron chi connectivity index (χ1n) is 12.1. The van der Waals surface area contributed by atoms with E-state index in [1.807, 2.05) is 60.7 Å². The standard InChI is InChI=1S/C27H26N4O4S/c32-18-6-4-5-16(15-18)29-25(33)24-23-22-21(13-14-28-26(22)36-24)31(27(34)30-23)17-9-11-20(12-10-17)35-19-7-2-1-3-8-19/h1-3,7-14,16,18,23-24,32H,4-6,15H2,(H,29,33)(H,30,34)/t16-,18+,23?,24?/m0/s1. The number of pyridine rings is 1. The first-order valence-corrected chi connectivity index (χ1v) is 13.0. The van der Waals surface area contributed by atoms with E-state index in [2.05, 4.69) is 15.6 Å². The number of ether oxygens (including phenoxy) is 1. The molecule has 36 heavy (non-hydrogen) atoms. The number of carbonyl (C=O) groups is 2. The van der Waals surface area contributed by atoms with Gasteiger partial charge in [-0.05, 0) is 68.1 Å². The second kappa shape index (κ2) is 9.48. The first kappa shape index (κ1) is 22.9. The number of benzene rings is 2. The molecule has 4 atom stereocenters. The van der Waals surface area contributed by atoms with Gasteiger partial charge in [-0.25, -0.2) is 9.78 Å². The fourth-order valence-corrected chi connectivity index (χ4v) is 6.38. The number of aromatic nitrogens is 1. The minimum absolute atomic E-state index is 0.0506. The van der Waals surface area contributed by atoms with E-state index in [0.29, 0.717) is 17.9 Å². The maximum Gasteiger partial charge on any atom is 0.327 e. The molecule has 8 nitrogen and oxygen atoms in total. The molecule has 1 fully saturated rings. The molecule has 6 rings (SSSR count). The van der Waals surface area contributed by atoms with E-state index in [4.69, 9.17) is 4.74 Å². The minimum Gasteiger partial charge on any atom is -0.457 e. The highest BCUT2D eigenvalue weighted by atomic mass is 32.2. The van der Waals surface area contributed by atoms with Crippen molar-refractivity contribution in [1.29, 1.82) is 0 Å². The van der Waals surface area contributed by atoms with Crippen LogP contribution in [0.1, 0.15) is 37.3 Å². The van der Waals surface area contributed by atoms with Gasteiger partial charge in [-0.2, -0.15) is 0 Å². The summed E-state index contributed by atoms with van der Waals surface area (Å²) in [5.74, 6) is 1.27. The average molecular weight is 503 g/mol. The van der Waals surface area contributed by atoms with Crippen LogP contribution in [0.15, 0.2) is 71.9 Å². The summed E-state index contributed by atoms with van der Waals surface area (Å²) in [7, 11) is 0. The van der Waals surface area contributed by atoms with Crippen LogP contribution in [-0.2, 0) is 4.79 Å². The summed E-state index contributed by atoms with van der Waals surface area (Å²) in [4.78, 5) is 32.7. The van der Waals surface area contributed by atoms with Gasteiger partial charge in [0, 0.05) is 17.8 Å². The van der Waals surface area contributed by atoms with E-state index in [1.54, 1.807) is 11.1 Å². The molecular weight excluding hydrogens is 476 g/mol. The van der Waals surface area contributed by atoms with Crippen molar-refractivity contribution in [2.75, 3.05) is 4.90 Å². The molecule has 184 valence electrons. The number of anilines is 2. The third kappa shape index (κ3) is 4.29. The summed E-state index contributed by atoms with van der Waals surface area (Å²) >= 11 is 1.38. The molecule has 3 N–H and O–H groups in total. The van der Waals surface area contributed by atoms with Crippen LogP contribution in [0.4, 0.5) is 16.2 Å². The second-order valence-corrected chi connectivity index (χ2v) is 10.4. The van der Waals surface area contributed by atoms with Crippen LogP contribution in [0, 0.1) is 0 Å². The zero-order valence-corrected chi connectivity index (χ0v) is 20.3. The number of aliphatic hydroxyl groups excluding tert-OH is 1. The number of urea groups is 1. The average Bonchev–Trinajstić information content (AvgIpc) is 3.25. The Morgan fingerprint density at radius 1 is 1.08 bits per heavy atom. The Morgan fingerprint density at radius 3 is 2.64 bits per heavy atom. The van der Waals surface area contributed by atoms with Gasteiger partial charge in [0.15, 0.2) is 0 Å². The summed E-state index contributed by atoms with van der Waals surface area (Å²) in [6.07, 6.45) is 4.38. The summed E-state index contributed by atoms with van der Waals surface area (Å²) in [5.41, 5.74) is 2.27. The van der Waals surface area contributed by atoms with Crippen molar-refractivity contribution in [2.24, 2.45) is 0 Å². The SMILES string of the molecule is O=C(N[C@H]1CCC[C@@H](O)C1)C1Sc2nccc3c2C1NC(=O)N3c1ccc(Oc2ccccc2)cc1. The van der Waals surface area contributed by atoms with Crippen molar-refractivity contribution >= 4 is 35.1 Å². The van der Waals surface area contributed by atoms with Gasteiger partial charge in [0.2, 0.25) is 5.91 Å². The number of para-hydroxylation sites is 1. The van der Waals surface area contributed by atoms with Crippen molar-refractivity contribution in [1.82, 2.24) is 15.6 Å². The monoisotopic (exact) mass is 502 g/mol. The predicted octanol–water partition coefficient (Wildman–Crippen LogP) is 4.67. The smallest absolute Gasteiger partial charge is 0.327 e. The van der Waals surface area contributed by atoms with Crippen LogP contribution < -0.4 is 20.3 Å².